The smallest absolute Gasteiger partial charge is 0.161 e. The maximum atomic E-state index is 4.09. The van der Waals surface area contributed by atoms with Crippen LogP contribution in [0.15, 0.2) is 5.16 Å². The van der Waals surface area contributed by atoms with Crippen LogP contribution in [-0.4, -0.2) is 26.5 Å². The van der Waals surface area contributed by atoms with Crippen LogP contribution >= 0.6 is 11.8 Å². The van der Waals surface area contributed by atoms with E-state index in [0.717, 1.165) is 5.16 Å². The minimum absolute atomic E-state index is 0.299. The molecule has 1 aromatic heterocycles. The van der Waals surface area contributed by atoms with Gasteiger partial charge in [-0.1, -0.05) is 11.8 Å². The number of thioether (sulfide) groups is 1. The molecule has 1 aromatic rings. The molecule has 0 aromatic carbocycles. The van der Waals surface area contributed by atoms with Gasteiger partial charge in [0.05, 0.1) is 6.04 Å². The molecule has 0 fully saturated rings. The average molecular weight is 158 g/mol. The summed E-state index contributed by atoms with van der Waals surface area (Å²) >= 11 is 1.50. The van der Waals surface area contributed by atoms with Crippen molar-refractivity contribution in [2.75, 3.05) is 6.26 Å². The third-order valence-electron chi connectivity index (χ3n) is 1.05. The maximum absolute atomic E-state index is 4.09. The molecule has 10 heavy (non-hydrogen) atoms. The van der Waals surface area contributed by atoms with Crippen molar-refractivity contribution in [2.45, 2.75) is 25.0 Å². The topological polar surface area (TPSA) is 43.6 Å². The Balaban J connectivity index is 2.78. The van der Waals surface area contributed by atoms with Gasteiger partial charge in [-0.05, 0) is 25.3 Å². The maximum Gasteiger partial charge on any atom is 0.230 e. The van der Waals surface area contributed by atoms with Gasteiger partial charge < -0.3 is 0 Å². The highest BCUT2D eigenvalue weighted by Gasteiger charge is 2.02. The lowest BCUT2D eigenvalue weighted by Gasteiger charge is -1.98. The van der Waals surface area contributed by atoms with E-state index in [2.05, 4.69) is 15.4 Å². The summed E-state index contributed by atoms with van der Waals surface area (Å²) in [5.74, 6) is 0. The van der Waals surface area contributed by atoms with Crippen molar-refractivity contribution in [2.24, 2.45) is 0 Å². The van der Waals surface area contributed by atoms with Crippen LogP contribution in [0.25, 0.3) is 0 Å². The fourth-order valence-electron chi connectivity index (χ4n) is 0.512. The molecule has 0 aliphatic carbocycles. The Kier molecular flexibility index (Phi) is 2.26. The van der Waals surface area contributed by atoms with Crippen LogP contribution in [0.3, 0.4) is 0 Å². The fraction of sp³-hybridized carbons (Fsp3) is 0.800. The van der Waals surface area contributed by atoms with Crippen LogP contribution in [0.4, 0.5) is 0 Å². The molecule has 0 unspecified atom stereocenters. The number of rotatable bonds is 2. The van der Waals surface area contributed by atoms with E-state index in [9.17, 15) is 0 Å². The van der Waals surface area contributed by atoms with Crippen molar-refractivity contribution in [3.63, 3.8) is 0 Å². The molecule has 0 radical (unpaired) electrons. The number of nitrogens with zero attached hydrogens (tertiary/aromatic N) is 4. The van der Waals surface area contributed by atoms with Crippen molar-refractivity contribution in [3.8, 4) is 0 Å². The highest BCUT2D eigenvalue weighted by Crippen LogP contribution is 2.06. The summed E-state index contributed by atoms with van der Waals surface area (Å²) in [6.07, 6.45) is 1.93. The molecule has 1 rings (SSSR count). The Morgan fingerprint density at radius 2 is 2.20 bits per heavy atom. The van der Waals surface area contributed by atoms with Gasteiger partial charge in [0.15, 0.2) is 0 Å². The minimum Gasteiger partial charge on any atom is -0.161 e. The van der Waals surface area contributed by atoms with E-state index in [0.29, 0.717) is 6.04 Å². The van der Waals surface area contributed by atoms with Crippen LogP contribution in [0, 0.1) is 0 Å². The predicted octanol–water partition coefficient (Wildman–Crippen LogP) is 0.976. The average Bonchev–Trinajstić information content (AvgIpc) is 2.34. The van der Waals surface area contributed by atoms with Crippen molar-refractivity contribution in [1.29, 1.82) is 0 Å². The molecule has 0 amide bonds. The Hall–Kier alpha value is -0.580. The quantitative estimate of drug-likeness (QED) is 0.602. The Labute approximate surface area is 64.0 Å². The lowest BCUT2D eigenvalue weighted by molar-refractivity contribution is 0.452. The monoisotopic (exact) mass is 158 g/mol. The van der Waals surface area contributed by atoms with Crippen molar-refractivity contribution < 1.29 is 0 Å². The van der Waals surface area contributed by atoms with Gasteiger partial charge in [0, 0.05) is 0 Å². The predicted molar refractivity (Wildman–Crippen MR) is 40.0 cm³/mol. The lowest BCUT2D eigenvalue weighted by Crippen LogP contribution is -2.04. The van der Waals surface area contributed by atoms with E-state index in [1.165, 1.54) is 11.8 Å². The first kappa shape index (κ1) is 7.53. The van der Waals surface area contributed by atoms with E-state index in [1.807, 2.05) is 20.1 Å². The Morgan fingerprint density at radius 1 is 1.50 bits per heavy atom. The molecule has 0 saturated heterocycles. The number of aromatic nitrogens is 4. The molecular weight excluding hydrogens is 148 g/mol. The van der Waals surface area contributed by atoms with E-state index in [-0.39, 0.29) is 0 Å². The van der Waals surface area contributed by atoms with Gasteiger partial charge in [-0.15, -0.1) is 10.2 Å². The zero-order valence-corrected chi connectivity index (χ0v) is 7.09. The van der Waals surface area contributed by atoms with E-state index in [1.54, 1.807) is 4.80 Å². The molecule has 0 N–H and O–H groups in total. The molecule has 0 aliphatic rings. The third kappa shape index (κ3) is 1.47. The largest absolute Gasteiger partial charge is 0.230 e. The van der Waals surface area contributed by atoms with Gasteiger partial charge in [0.25, 0.3) is 0 Å². The van der Waals surface area contributed by atoms with Crippen LogP contribution in [0.1, 0.15) is 19.9 Å². The molecule has 0 bridgehead atoms. The molecule has 1 heterocycles. The second-order valence-corrected chi connectivity index (χ2v) is 2.96. The Morgan fingerprint density at radius 3 is 2.50 bits per heavy atom. The first-order chi connectivity index (χ1) is 4.74. The van der Waals surface area contributed by atoms with Gasteiger partial charge >= 0.3 is 0 Å². The highest BCUT2D eigenvalue weighted by molar-refractivity contribution is 7.98. The van der Waals surface area contributed by atoms with Gasteiger partial charge in [-0.25, -0.2) is 0 Å². The van der Waals surface area contributed by atoms with Gasteiger partial charge in [-0.2, -0.15) is 4.80 Å². The van der Waals surface area contributed by atoms with E-state index in [4.69, 9.17) is 0 Å². The number of tetrazole rings is 1. The second-order valence-electron chi connectivity index (χ2n) is 2.19. The summed E-state index contributed by atoms with van der Waals surface area (Å²) in [6, 6.07) is 0.299. The summed E-state index contributed by atoms with van der Waals surface area (Å²) < 4.78 is 0. The minimum atomic E-state index is 0.299. The summed E-state index contributed by atoms with van der Waals surface area (Å²) in [4.78, 5) is 1.60. The molecule has 4 nitrogen and oxygen atoms in total. The first-order valence-corrected chi connectivity index (χ1v) is 4.30. The van der Waals surface area contributed by atoms with Crippen LogP contribution in [0.5, 0.6) is 0 Å². The lowest BCUT2D eigenvalue weighted by atomic mass is 10.4. The molecule has 0 atom stereocenters. The number of hydrogen-bond acceptors (Lipinski definition) is 4. The van der Waals surface area contributed by atoms with Crippen molar-refractivity contribution in [3.05, 3.63) is 0 Å². The molecule has 0 spiro atoms. The van der Waals surface area contributed by atoms with E-state index < -0.39 is 0 Å². The van der Waals surface area contributed by atoms with Crippen LogP contribution in [-0.2, 0) is 0 Å². The summed E-state index contributed by atoms with van der Waals surface area (Å²) in [7, 11) is 0. The van der Waals surface area contributed by atoms with Gasteiger partial charge in [0.2, 0.25) is 5.16 Å². The SMILES string of the molecule is CSc1nnn(C(C)C)n1. The zero-order valence-electron chi connectivity index (χ0n) is 6.27. The second kappa shape index (κ2) is 3.01. The first-order valence-electron chi connectivity index (χ1n) is 3.07. The van der Waals surface area contributed by atoms with Crippen molar-refractivity contribution in [1.82, 2.24) is 20.2 Å². The zero-order chi connectivity index (χ0) is 7.56. The molecule has 0 aliphatic heterocycles. The third-order valence-corrected chi connectivity index (χ3v) is 1.58. The van der Waals surface area contributed by atoms with Crippen LogP contribution < -0.4 is 0 Å². The molecule has 5 heteroatoms. The standard InChI is InChI=1S/C5H10N4S/c1-4(2)9-7-5(10-3)6-8-9/h4H,1-3H3. The Bertz CT molecular complexity index is 207. The van der Waals surface area contributed by atoms with Crippen LogP contribution in [0.2, 0.25) is 0 Å². The fourth-order valence-corrected chi connectivity index (χ4v) is 0.796. The summed E-state index contributed by atoms with van der Waals surface area (Å²) in [5, 5.41) is 12.5. The van der Waals surface area contributed by atoms with Gasteiger partial charge in [0.1, 0.15) is 0 Å². The van der Waals surface area contributed by atoms with Gasteiger partial charge in [-0.3, -0.25) is 0 Å². The van der Waals surface area contributed by atoms with E-state index >= 15 is 0 Å². The van der Waals surface area contributed by atoms with Crippen molar-refractivity contribution >= 4 is 11.8 Å². The highest BCUT2D eigenvalue weighted by atomic mass is 32.2. The summed E-state index contributed by atoms with van der Waals surface area (Å²) in [6.45, 7) is 4.04. The normalized spacial score (nSPS) is 10.8. The molecule has 56 valence electrons. The number of hydrogen-bond donors (Lipinski definition) is 0. The molecule has 0 saturated carbocycles. The summed E-state index contributed by atoms with van der Waals surface area (Å²) in [5.41, 5.74) is 0. The molecular formula is C5H10N4S.